The summed E-state index contributed by atoms with van der Waals surface area (Å²) >= 11 is 7.18. The van der Waals surface area contributed by atoms with Crippen molar-refractivity contribution in [3.63, 3.8) is 0 Å². The molecule has 39 heavy (non-hydrogen) atoms. The summed E-state index contributed by atoms with van der Waals surface area (Å²) in [5, 5.41) is 5.39. The van der Waals surface area contributed by atoms with Gasteiger partial charge in [-0.15, -0.1) is 0 Å². The first-order valence-electron chi connectivity index (χ1n) is 11.4. The number of carbonyl (C=O) groups is 5. The van der Waals surface area contributed by atoms with Gasteiger partial charge < -0.3 is 14.8 Å². The lowest BCUT2D eigenvalue weighted by Gasteiger charge is -2.15. The quantitative estimate of drug-likeness (QED) is 0.303. The summed E-state index contributed by atoms with van der Waals surface area (Å²) in [4.78, 5) is 67.4. The molecule has 0 atom stereocenters. The molecular formula is C26H21ClN4O7S. The Balaban J connectivity index is 1.44. The Labute approximate surface area is 231 Å². The number of carbonyl (C=O) groups excluding carboxylic acids is 5. The zero-order chi connectivity index (χ0) is 28.3. The number of aromatic nitrogens is 1. The third kappa shape index (κ3) is 5.66. The third-order valence-electron chi connectivity index (χ3n) is 5.47. The highest BCUT2D eigenvalue weighted by Crippen LogP contribution is 2.30. The fourth-order valence-electron chi connectivity index (χ4n) is 3.56. The fourth-order valence-corrected chi connectivity index (χ4v) is 4.65. The van der Waals surface area contributed by atoms with E-state index in [9.17, 15) is 24.0 Å². The second-order valence-corrected chi connectivity index (χ2v) is 9.36. The van der Waals surface area contributed by atoms with E-state index >= 15 is 0 Å². The summed E-state index contributed by atoms with van der Waals surface area (Å²) in [5.41, 5.74) is 1.49. The lowest BCUT2D eigenvalue weighted by molar-refractivity contribution is -0.120. The molecule has 0 aliphatic carbocycles. The summed E-state index contributed by atoms with van der Waals surface area (Å²) in [7, 11) is 1.26. The number of amides is 3. The molecule has 0 fully saturated rings. The van der Waals surface area contributed by atoms with Gasteiger partial charge in [-0.05, 0) is 62.4 Å². The van der Waals surface area contributed by atoms with Crippen molar-refractivity contribution in [2.75, 3.05) is 29.3 Å². The number of anilines is 3. The first kappa shape index (κ1) is 27.5. The van der Waals surface area contributed by atoms with Crippen LogP contribution in [0.25, 0.3) is 0 Å². The van der Waals surface area contributed by atoms with Gasteiger partial charge in [-0.25, -0.2) is 19.5 Å². The van der Waals surface area contributed by atoms with Gasteiger partial charge in [0.2, 0.25) is 0 Å². The Hall–Kier alpha value is -4.55. The molecule has 200 valence electrons. The molecule has 1 aliphatic heterocycles. The Bertz CT molecular complexity index is 1510. The molecule has 2 aromatic carbocycles. The van der Waals surface area contributed by atoms with E-state index in [0.29, 0.717) is 11.4 Å². The highest BCUT2D eigenvalue weighted by molar-refractivity contribution is 7.17. The maximum absolute atomic E-state index is 13.0. The number of ether oxygens (including phenoxy) is 2. The van der Waals surface area contributed by atoms with Gasteiger partial charge in [0.1, 0.15) is 15.6 Å². The average Bonchev–Trinajstić information content (AvgIpc) is 3.40. The lowest BCUT2D eigenvalue weighted by atomic mass is 10.2. The molecule has 3 amide bonds. The van der Waals surface area contributed by atoms with E-state index in [0.717, 1.165) is 16.2 Å². The Morgan fingerprint density at radius 1 is 0.974 bits per heavy atom. The number of halogens is 1. The minimum atomic E-state index is -0.728. The van der Waals surface area contributed by atoms with Crippen LogP contribution in [0.3, 0.4) is 0 Å². The summed E-state index contributed by atoms with van der Waals surface area (Å²) in [6, 6.07) is 11.9. The number of thiazole rings is 1. The van der Waals surface area contributed by atoms with Gasteiger partial charge in [0.15, 0.2) is 5.13 Å². The van der Waals surface area contributed by atoms with Gasteiger partial charge in [-0.1, -0.05) is 22.9 Å². The van der Waals surface area contributed by atoms with Crippen LogP contribution in [-0.2, 0) is 19.1 Å². The van der Waals surface area contributed by atoms with Crippen LogP contribution in [0.1, 0.15) is 43.0 Å². The van der Waals surface area contributed by atoms with E-state index in [-0.39, 0.29) is 44.2 Å². The van der Waals surface area contributed by atoms with Crippen molar-refractivity contribution in [3.8, 4) is 0 Å². The maximum atomic E-state index is 13.0. The van der Waals surface area contributed by atoms with Crippen molar-refractivity contribution in [3.05, 3.63) is 81.0 Å². The molecular weight excluding hydrogens is 548 g/mol. The smallest absolute Gasteiger partial charge is 0.350 e. The monoisotopic (exact) mass is 568 g/mol. The van der Waals surface area contributed by atoms with Crippen LogP contribution in [0.4, 0.5) is 16.5 Å². The number of benzene rings is 2. The van der Waals surface area contributed by atoms with E-state index in [4.69, 9.17) is 21.1 Å². The number of rotatable bonds is 8. The zero-order valence-corrected chi connectivity index (χ0v) is 22.4. The number of hydrogen-bond acceptors (Lipinski definition) is 10. The molecule has 2 heterocycles. The highest BCUT2D eigenvalue weighted by Gasteiger charge is 2.39. The van der Waals surface area contributed by atoms with Crippen molar-refractivity contribution >= 4 is 69.1 Å². The zero-order valence-electron chi connectivity index (χ0n) is 20.9. The Morgan fingerprint density at radius 3 is 2.23 bits per heavy atom. The first-order chi connectivity index (χ1) is 18.6. The standard InChI is InChI=1S/C26H21ClN4O7S/c1-4-38-24(35)15-7-11-17(12-8-15)31-22(33)18(27)19(23(31)34)29-16-9-5-14(6-10-16)21(32)30-26-28-13(2)20(39-26)25(36)37-3/h5-12,29H,4H2,1-3H3,(H,28,30,32). The molecule has 11 nitrogen and oxygen atoms in total. The highest BCUT2D eigenvalue weighted by atomic mass is 35.5. The number of nitrogens with one attached hydrogen (secondary N) is 2. The minimum Gasteiger partial charge on any atom is -0.465 e. The van der Waals surface area contributed by atoms with E-state index in [1.165, 1.54) is 55.6 Å². The second kappa shape index (κ2) is 11.5. The van der Waals surface area contributed by atoms with Crippen LogP contribution < -0.4 is 15.5 Å². The van der Waals surface area contributed by atoms with Crippen LogP contribution in [0.15, 0.2) is 59.3 Å². The minimum absolute atomic E-state index is 0.137. The molecule has 2 N–H and O–H groups in total. The van der Waals surface area contributed by atoms with E-state index in [1.807, 2.05) is 0 Å². The van der Waals surface area contributed by atoms with Gasteiger partial charge in [0.25, 0.3) is 17.7 Å². The van der Waals surface area contributed by atoms with Crippen molar-refractivity contribution < 1.29 is 33.4 Å². The van der Waals surface area contributed by atoms with Crippen LogP contribution >= 0.6 is 22.9 Å². The number of hydrogen-bond donors (Lipinski definition) is 2. The predicted octanol–water partition coefficient (Wildman–Crippen LogP) is 4.10. The molecule has 0 radical (unpaired) electrons. The number of nitrogens with zero attached hydrogens (tertiary/aromatic N) is 2. The molecule has 0 unspecified atom stereocenters. The summed E-state index contributed by atoms with van der Waals surface area (Å²) in [6.07, 6.45) is 0. The molecule has 1 aromatic heterocycles. The van der Waals surface area contributed by atoms with Gasteiger partial charge in [-0.2, -0.15) is 0 Å². The number of imide groups is 1. The normalized spacial score (nSPS) is 13.0. The Kier molecular flexibility index (Phi) is 8.07. The molecule has 3 aromatic rings. The van der Waals surface area contributed by atoms with E-state index < -0.39 is 29.7 Å². The topological polar surface area (TPSA) is 144 Å². The average molecular weight is 569 g/mol. The summed E-state index contributed by atoms with van der Waals surface area (Å²) < 4.78 is 9.63. The molecule has 1 aliphatic rings. The molecule has 4 rings (SSSR count). The number of methoxy groups -OCH3 is 1. The van der Waals surface area contributed by atoms with E-state index in [2.05, 4.69) is 15.6 Å². The van der Waals surface area contributed by atoms with Crippen LogP contribution in [0.2, 0.25) is 0 Å². The van der Waals surface area contributed by atoms with Crippen molar-refractivity contribution in [1.29, 1.82) is 0 Å². The van der Waals surface area contributed by atoms with Crippen molar-refractivity contribution in [2.45, 2.75) is 13.8 Å². The van der Waals surface area contributed by atoms with Gasteiger partial charge in [-0.3, -0.25) is 19.7 Å². The second-order valence-electron chi connectivity index (χ2n) is 7.98. The largest absolute Gasteiger partial charge is 0.465 e. The van der Waals surface area contributed by atoms with Gasteiger partial charge in [0.05, 0.1) is 30.7 Å². The maximum Gasteiger partial charge on any atom is 0.350 e. The van der Waals surface area contributed by atoms with Crippen molar-refractivity contribution in [2.24, 2.45) is 0 Å². The molecule has 0 saturated heterocycles. The first-order valence-corrected chi connectivity index (χ1v) is 12.6. The lowest BCUT2D eigenvalue weighted by Crippen LogP contribution is -2.32. The third-order valence-corrected chi connectivity index (χ3v) is 6.87. The predicted molar refractivity (Wildman–Crippen MR) is 144 cm³/mol. The number of aryl methyl sites for hydroxylation is 1. The molecule has 0 saturated carbocycles. The van der Waals surface area contributed by atoms with Gasteiger partial charge in [0, 0.05) is 11.3 Å². The molecule has 13 heteroatoms. The SMILES string of the molecule is CCOC(=O)c1ccc(N2C(=O)C(Cl)=C(Nc3ccc(C(=O)Nc4nc(C)c(C(=O)OC)s4)cc3)C2=O)cc1. The van der Waals surface area contributed by atoms with Crippen LogP contribution in [0, 0.1) is 6.92 Å². The van der Waals surface area contributed by atoms with Crippen LogP contribution in [-0.4, -0.2) is 48.4 Å². The van der Waals surface area contributed by atoms with Crippen molar-refractivity contribution in [1.82, 2.24) is 4.98 Å². The summed E-state index contributed by atoms with van der Waals surface area (Å²) in [6.45, 7) is 3.53. The van der Waals surface area contributed by atoms with E-state index in [1.54, 1.807) is 13.8 Å². The fraction of sp³-hybridized carbons (Fsp3) is 0.154. The molecule has 0 bridgehead atoms. The van der Waals surface area contributed by atoms with Crippen LogP contribution in [0.5, 0.6) is 0 Å². The van der Waals surface area contributed by atoms with Gasteiger partial charge >= 0.3 is 11.9 Å². The number of esters is 2. The molecule has 0 spiro atoms. The summed E-state index contributed by atoms with van der Waals surface area (Å²) in [5.74, 6) is -2.94. The Morgan fingerprint density at radius 2 is 1.62 bits per heavy atom.